The fraction of sp³-hybridized carbons (Fsp3) is 0.444. The van der Waals surface area contributed by atoms with E-state index in [1.165, 1.54) is 0 Å². The van der Waals surface area contributed by atoms with Gasteiger partial charge in [-0.3, -0.25) is 4.79 Å². The zero-order valence-electron chi connectivity index (χ0n) is 8.28. The zero-order valence-corrected chi connectivity index (χ0v) is 8.28. The first-order chi connectivity index (χ1) is 7.16. The number of hydrogen-bond acceptors (Lipinski definition) is 5. The summed E-state index contributed by atoms with van der Waals surface area (Å²) >= 11 is 0. The van der Waals surface area contributed by atoms with Gasteiger partial charge >= 0.3 is 5.97 Å². The number of aliphatic carboxylic acids is 1. The summed E-state index contributed by atoms with van der Waals surface area (Å²) in [5.74, 6) is -0.591. The Kier molecular flexibility index (Phi) is 2.51. The molecule has 0 radical (unpaired) electrons. The summed E-state index contributed by atoms with van der Waals surface area (Å²) in [5.41, 5.74) is 2.69. The first kappa shape index (κ1) is 9.85. The molecule has 80 valence electrons. The number of ether oxygens (including phenoxy) is 1. The highest BCUT2D eigenvalue weighted by Crippen LogP contribution is 2.21. The van der Waals surface area contributed by atoms with Gasteiger partial charge in [-0.15, -0.1) is 0 Å². The molecule has 6 nitrogen and oxygen atoms in total. The summed E-state index contributed by atoms with van der Waals surface area (Å²) in [5, 5.41) is 11.1. The van der Waals surface area contributed by atoms with Gasteiger partial charge in [0.1, 0.15) is 6.54 Å². The van der Waals surface area contributed by atoms with Crippen LogP contribution in [0.4, 0.5) is 5.95 Å². The highest BCUT2D eigenvalue weighted by Gasteiger charge is 2.17. The predicted octanol–water partition coefficient (Wildman–Crippen LogP) is 0.312. The molecule has 1 aromatic rings. The van der Waals surface area contributed by atoms with E-state index in [1.807, 2.05) is 6.92 Å². The van der Waals surface area contributed by atoms with E-state index in [9.17, 15) is 4.79 Å². The molecule has 2 rings (SSSR count). The van der Waals surface area contributed by atoms with Crippen molar-refractivity contribution in [1.82, 2.24) is 9.97 Å². The van der Waals surface area contributed by atoms with Gasteiger partial charge < -0.3 is 15.2 Å². The molecule has 0 saturated heterocycles. The minimum absolute atomic E-state index is 0.181. The minimum Gasteiger partial charge on any atom is -0.480 e. The highest BCUT2D eigenvalue weighted by atomic mass is 16.5. The Hall–Kier alpha value is -1.69. The van der Waals surface area contributed by atoms with E-state index in [-0.39, 0.29) is 6.54 Å². The van der Waals surface area contributed by atoms with Crippen molar-refractivity contribution in [3.63, 3.8) is 0 Å². The molecule has 0 spiro atoms. The summed E-state index contributed by atoms with van der Waals surface area (Å²) in [7, 11) is 0. The molecule has 1 aliphatic rings. The first-order valence-electron chi connectivity index (χ1n) is 4.56. The lowest BCUT2D eigenvalue weighted by Crippen LogP contribution is -2.15. The number of carboxylic acids is 1. The smallest absolute Gasteiger partial charge is 0.322 e. The van der Waals surface area contributed by atoms with E-state index in [0.29, 0.717) is 19.2 Å². The first-order valence-corrected chi connectivity index (χ1v) is 4.56. The predicted molar refractivity (Wildman–Crippen MR) is 51.4 cm³/mol. The molecule has 0 aromatic carbocycles. The Morgan fingerprint density at radius 1 is 1.53 bits per heavy atom. The normalized spacial score (nSPS) is 13.7. The second kappa shape index (κ2) is 3.82. The molecule has 1 aromatic heterocycles. The number of carboxylic acid groups (broad SMARTS) is 1. The third-order valence-corrected chi connectivity index (χ3v) is 2.18. The Bertz CT molecular complexity index is 406. The largest absolute Gasteiger partial charge is 0.480 e. The number of hydrogen-bond donors (Lipinski definition) is 2. The molecule has 15 heavy (non-hydrogen) atoms. The van der Waals surface area contributed by atoms with Crippen molar-refractivity contribution < 1.29 is 14.6 Å². The number of rotatable bonds is 3. The maximum atomic E-state index is 10.3. The van der Waals surface area contributed by atoms with Gasteiger partial charge in [-0.1, -0.05) is 0 Å². The van der Waals surface area contributed by atoms with Crippen molar-refractivity contribution in [2.75, 3.05) is 11.9 Å². The fourth-order valence-electron chi connectivity index (χ4n) is 1.45. The van der Waals surface area contributed by atoms with Crippen LogP contribution in [0, 0.1) is 6.92 Å². The van der Waals surface area contributed by atoms with Gasteiger partial charge in [0.05, 0.1) is 18.9 Å². The van der Waals surface area contributed by atoms with Crippen LogP contribution in [0.25, 0.3) is 0 Å². The van der Waals surface area contributed by atoms with Crippen LogP contribution in [0.15, 0.2) is 0 Å². The zero-order chi connectivity index (χ0) is 10.8. The van der Waals surface area contributed by atoms with Crippen molar-refractivity contribution in [2.24, 2.45) is 0 Å². The van der Waals surface area contributed by atoms with Crippen LogP contribution in [0.2, 0.25) is 0 Å². The number of carbonyl (C=O) groups is 1. The van der Waals surface area contributed by atoms with Crippen LogP contribution in [-0.2, 0) is 22.7 Å². The van der Waals surface area contributed by atoms with Gasteiger partial charge in [0.2, 0.25) is 5.95 Å². The summed E-state index contributed by atoms with van der Waals surface area (Å²) < 4.78 is 5.23. The molecule has 0 amide bonds. The monoisotopic (exact) mass is 209 g/mol. The average molecular weight is 209 g/mol. The topological polar surface area (TPSA) is 84.3 Å². The van der Waals surface area contributed by atoms with Crippen LogP contribution in [0.5, 0.6) is 0 Å². The molecule has 0 atom stereocenters. The Balaban J connectivity index is 2.20. The SMILES string of the molecule is Cc1nc(NCC(=O)O)nc2c1COC2. The van der Waals surface area contributed by atoms with E-state index in [1.54, 1.807) is 0 Å². The molecular formula is C9H11N3O3. The molecule has 2 heterocycles. The van der Waals surface area contributed by atoms with Crippen molar-refractivity contribution in [3.05, 3.63) is 17.0 Å². The van der Waals surface area contributed by atoms with Crippen LogP contribution in [0.3, 0.4) is 0 Å². The molecule has 0 bridgehead atoms. The molecule has 1 aliphatic heterocycles. The minimum atomic E-state index is -0.937. The number of aryl methyl sites for hydroxylation is 1. The van der Waals surface area contributed by atoms with Gasteiger partial charge in [-0.25, -0.2) is 9.97 Å². The lowest BCUT2D eigenvalue weighted by atomic mass is 10.2. The number of fused-ring (bicyclic) bond motifs is 1. The maximum Gasteiger partial charge on any atom is 0.322 e. The molecule has 6 heteroatoms. The standard InChI is InChI=1S/C9H11N3O3/c1-5-6-3-15-4-7(6)12-9(11-5)10-2-8(13)14/h2-4H2,1H3,(H,13,14)(H,10,11,12). The van der Waals surface area contributed by atoms with Gasteiger partial charge in [-0.05, 0) is 6.92 Å². The number of nitrogens with zero attached hydrogens (tertiary/aromatic N) is 2. The average Bonchev–Trinajstić information content (AvgIpc) is 2.63. The summed E-state index contributed by atoms with van der Waals surface area (Å²) in [4.78, 5) is 18.7. The van der Waals surface area contributed by atoms with Crippen molar-refractivity contribution in [3.8, 4) is 0 Å². The van der Waals surface area contributed by atoms with Crippen molar-refractivity contribution in [2.45, 2.75) is 20.1 Å². The van der Waals surface area contributed by atoms with E-state index in [0.717, 1.165) is 17.0 Å². The van der Waals surface area contributed by atoms with Crippen LogP contribution in [0.1, 0.15) is 17.0 Å². The molecule has 0 unspecified atom stereocenters. The van der Waals surface area contributed by atoms with E-state index >= 15 is 0 Å². The third-order valence-electron chi connectivity index (χ3n) is 2.18. The second-order valence-corrected chi connectivity index (χ2v) is 3.30. The Morgan fingerprint density at radius 3 is 3.07 bits per heavy atom. The van der Waals surface area contributed by atoms with Crippen molar-refractivity contribution in [1.29, 1.82) is 0 Å². The molecule has 0 aliphatic carbocycles. The summed E-state index contributed by atoms with van der Waals surface area (Å²) in [6.07, 6.45) is 0. The van der Waals surface area contributed by atoms with Crippen molar-refractivity contribution >= 4 is 11.9 Å². The van der Waals surface area contributed by atoms with Crippen LogP contribution < -0.4 is 5.32 Å². The highest BCUT2D eigenvalue weighted by molar-refractivity contribution is 5.71. The second-order valence-electron chi connectivity index (χ2n) is 3.30. The van der Waals surface area contributed by atoms with E-state index < -0.39 is 5.97 Å². The molecule has 2 N–H and O–H groups in total. The lowest BCUT2D eigenvalue weighted by molar-refractivity contribution is -0.134. The van der Waals surface area contributed by atoms with Gasteiger partial charge in [0.25, 0.3) is 0 Å². The molecule has 0 fully saturated rings. The Morgan fingerprint density at radius 2 is 2.33 bits per heavy atom. The third kappa shape index (κ3) is 2.04. The van der Waals surface area contributed by atoms with Gasteiger partial charge in [0.15, 0.2) is 0 Å². The maximum absolute atomic E-state index is 10.3. The quantitative estimate of drug-likeness (QED) is 0.745. The number of anilines is 1. The van der Waals surface area contributed by atoms with Gasteiger partial charge in [0, 0.05) is 11.3 Å². The van der Waals surface area contributed by atoms with Crippen LogP contribution in [-0.4, -0.2) is 27.6 Å². The molecule has 0 saturated carbocycles. The fourth-order valence-corrected chi connectivity index (χ4v) is 1.45. The van der Waals surface area contributed by atoms with E-state index in [4.69, 9.17) is 9.84 Å². The number of aromatic nitrogens is 2. The van der Waals surface area contributed by atoms with E-state index in [2.05, 4.69) is 15.3 Å². The van der Waals surface area contributed by atoms with Gasteiger partial charge in [-0.2, -0.15) is 0 Å². The summed E-state index contributed by atoms with van der Waals surface area (Å²) in [6, 6.07) is 0. The summed E-state index contributed by atoms with van der Waals surface area (Å²) in [6.45, 7) is 2.70. The van der Waals surface area contributed by atoms with Crippen LogP contribution >= 0.6 is 0 Å². The molecular weight excluding hydrogens is 198 g/mol. The Labute approximate surface area is 86.3 Å². The number of nitrogens with one attached hydrogen (secondary N) is 1. The lowest BCUT2D eigenvalue weighted by Gasteiger charge is -2.05.